The van der Waals surface area contributed by atoms with Crippen LogP contribution < -0.4 is 10.1 Å². The molecule has 0 aliphatic rings. The van der Waals surface area contributed by atoms with Gasteiger partial charge in [0.15, 0.2) is 6.61 Å². The lowest BCUT2D eigenvalue weighted by Crippen LogP contribution is -2.20. The third-order valence-electron chi connectivity index (χ3n) is 4.58. The number of carbonyl (C=O) groups is 1. The number of carbonyl (C=O) groups excluding carboxylic acids is 1. The second kappa shape index (κ2) is 7.93. The van der Waals surface area contributed by atoms with Crippen molar-refractivity contribution >= 4 is 34.2 Å². The summed E-state index contributed by atoms with van der Waals surface area (Å²) in [6, 6.07) is 18.7. The lowest BCUT2D eigenvalue weighted by atomic mass is 10.1. The van der Waals surface area contributed by atoms with Gasteiger partial charge in [0.05, 0.1) is 16.4 Å². The van der Waals surface area contributed by atoms with Gasteiger partial charge in [0.2, 0.25) is 0 Å². The number of halogens is 1. The van der Waals surface area contributed by atoms with E-state index < -0.39 is 0 Å². The van der Waals surface area contributed by atoms with Gasteiger partial charge in [0.25, 0.3) is 5.91 Å². The van der Waals surface area contributed by atoms with Crippen LogP contribution in [-0.4, -0.2) is 27.5 Å². The standard InChI is InChI=1S/C22H19ClN4O2/c1-14-8-9-17(10-15(14)2)29-13-22(28)24-19-12-21-20(11-18(19)23)25-27(26-21)16-6-4-3-5-7-16/h3-12H,13H2,1-2H3,(H,24,28). The van der Waals surface area contributed by atoms with Gasteiger partial charge < -0.3 is 10.1 Å². The molecule has 1 N–H and O–H groups in total. The first kappa shape index (κ1) is 19.0. The van der Waals surface area contributed by atoms with Crippen LogP contribution in [0.25, 0.3) is 16.7 Å². The highest BCUT2D eigenvalue weighted by Crippen LogP contribution is 2.27. The molecule has 0 aliphatic carbocycles. The van der Waals surface area contributed by atoms with Crippen LogP contribution in [-0.2, 0) is 4.79 Å². The first-order valence-electron chi connectivity index (χ1n) is 9.11. The van der Waals surface area contributed by atoms with Gasteiger partial charge in [0, 0.05) is 0 Å². The Balaban J connectivity index is 1.49. The summed E-state index contributed by atoms with van der Waals surface area (Å²) in [5.41, 5.74) is 4.86. The van der Waals surface area contributed by atoms with Crippen LogP contribution in [0.15, 0.2) is 60.7 Å². The molecule has 0 unspecified atom stereocenters. The van der Waals surface area contributed by atoms with E-state index in [2.05, 4.69) is 15.5 Å². The van der Waals surface area contributed by atoms with E-state index in [1.165, 1.54) is 10.4 Å². The predicted molar refractivity (Wildman–Crippen MR) is 114 cm³/mol. The Labute approximate surface area is 173 Å². The van der Waals surface area contributed by atoms with Crippen LogP contribution in [0.3, 0.4) is 0 Å². The Morgan fingerprint density at radius 1 is 1.00 bits per heavy atom. The molecule has 3 aromatic carbocycles. The maximum absolute atomic E-state index is 12.3. The number of fused-ring (bicyclic) bond motifs is 1. The van der Waals surface area contributed by atoms with Crippen molar-refractivity contribution in [2.24, 2.45) is 0 Å². The van der Waals surface area contributed by atoms with Gasteiger partial charge in [-0.2, -0.15) is 4.80 Å². The minimum atomic E-state index is -0.306. The first-order chi connectivity index (χ1) is 14.0. The molecule has 29 heavy (non-hydrogen) atoms. The molecule has 4 aromatic rings. The number of aromatic nitrogens is 3. The SMILES string of the molecule is Cc1ccc(OCC(=O)Nc2cc3nn(-c4ccccc4)nc3cc2Cl)cc1C. The van der Waals surface area contributed by atoms with Crippen LogP contribution in [0.4, 0.5) is 5.69 Å². The molecule has 1 heterocycles. The van der Waals surface area contributed by atoms with E-state index in [9.17, 15) is 4.79 Å². The second-order valence-electron chi connectivity index (χ2n) is 6.73. The van der Waals surface area contributed by atoms with Gasteiger partial charge in [-0.15, -0.1) is 10.2 Å². The fraction of sp³-hybridized carbons (Fsp3) is 0.136. The molecule has 0 aliphatic heterocycles. The van der Waals surface area contributed by atoms with Crippen LogP contribution in [0.1, 0.15) is 11.1 Å². The fourth-order valence-corrected chi connectivity index (χ4v) is 3.05. The highest BCUT2D eigenvalue weighted by Gasteiger charge is 2.12. The molecule has 6 nitrogen and oxygen atoms in total. The zero-order valence-corrected chi connectivity index (χ0v) is 16.8. The maximum atomic E-state index is 12.3. The average Bonchev–Trinajstić information content (AvgIpc) is 3.12. The summed E-state index contributed by atoms with van der Waals surface area (Å²) < 4.78 is 5.58. The number of nitrogens with zero attached hydrogens (tertiary/aromatic N) is 3. The molecule has 1 amide bonds. The monoisotopic (exact) mass is 406 g/mol. The molecule has 1 aromatic heterocycles. The van der Waals surface area contributed by atoms with E-state index in [-0.39, 0.29) is 12.5 Å². The molecule has 0 radical (unpaired) electrons. The number of rotatable bonds is 5. The number of nitrogens with one attached hydrogen (secondary N) is 1. The number of ether oxygens (including phenoxy) is 1. The largest absolute Gasteiger partial charge is 0.484 e. The molecule has 0 atom stereocenters. The highest BCUT2D eigenvalue weighted by atomic mass is 35.5. The summed E-state index contributed by atoms with van der Waals surface area (Å²) in [5, 5.41) is 12.1. The van der Waals surface area contributed by atoms with Crippen molar-refractivity contribution in [3.63, 3.8) is 0 Å². The van der Waals surface area contributed by atoms with Gasteiger partial charge in [-0.1, -0.05) is 35.9 Å². The minimum Gasteiger partial charge on any atom is -0.484 e. The summed E-state index contributed by atoms with van der Waals surface area (Å²) in [5.74, 6) is 0.343. The van der Waals surface area contributed by atoms with Crippen molar-refractivity contribution < 1.29 is 9.53 Å². The zero-order chi connectivity index (χ0) is 20.4. The molecule has 146 valence electrons. The summed E-state index contributed by atoms with van der Waals surface area (Å²) in [4.78, 5) is 13.9. The van der Waals surface area contributed by atoms with E-state index in [0.717, 1.165) is 11.3 Å². The van der Waals surface area contributed by atoms with Crippen LogP contribution >= 0.6 is 11.6 Å². The number of amides is 1. The Morgan fingerprint density at radius 3 is 2.45 bits per heavy atom. The minimum absolute atomic E-state index is 0.117. The van der Waals surface area contributed by atoms with E-state index >= 15 is 0 Å². The molecule has 0 spiro atoms. The van der Waals surface area contributed by atoms with Crippen molar-refractivity contribution in [3.8, 4) is 11.4 Å². The Morgan fingerprint density at radius 2 is 1.72 bits per heavy atom. The third-order valence-corrected chi connectivity index (χ3v) is 4.89. The summed E-state index contributed by atoms with van der Waals surface area (Å²) in [6.07, 6.45) is 0. The first-order valence-corrected chi connectivity index (χ1v) is 9.49. The number of aryl methyl sites for hydroxylation is 2. The third kappa shape index (κ3) is 4.22. The van der Waals surface area contributed by atoms with Crippen molar-refractivity contribution in [1.29, 1.82) is 0 Å². The summed E-state index contributed by atoms with van der Waals surface area (Å²) >= 11 is 6.33. The normalized spacial score (nSPS) is 10.9. The smallest absolute Gasteiger partial charge is 0.262 e. The predicted octanol–water partition coefficient (Wildman–Crippen LogP) is 4.71. The Kier molecular flexibility index (Phi) is 5.18. The molecular weight excluding hydrogens is 388 g/mol. The highest BCUT2D eigenvalue weighted by molar-refractivity contribution is 6.34. The van der Waals surface area contributed by atoms with Gasteiger partial charge >= 0.3 is 0 Å². The molecule has 0 saturated carbocycles. The average molecular weight is 407 g/mol. The zero-order valence-electron chi connectivity index (χ0n) is 16.0. The Hall–Kier alpha value is -3.38. The lowest BCUT2D eigenvalue weighted by Gasteiger charge is -2.10. The van der Waals surface area contributed by atoms with Gasteiger partial charge in [-0.25, -0.2) is 0 Å². The van der Waals surface area contributed by atoms with Crippen LogP contribution in [0.2, 0.25) is 5.02 Å². The van der Waals surface area contributed by atoms with Crippen molar-refractivity contribution in [1.82, 2.24) is 15.0 Å². The Bertz CT molecular complexity index is 1190. The van der Waals surface area contributed by atoms with E-state index in [1.807, 2.05) is 62.4 Å². The number of para-hydroxylation sites is 1. The van der Waals surface area contributed by atoms with Crippen LogP contribution in [0, 0.1) is 13.8 Å². The number of anilines is 1. The van der Waals surface area contributed by atoms with E-state index in [1.54, 1.807) is 12.1 Å². The molecule has 7 heteroatoms. The van der Waals surface area contributed by atoms with Crippen molar-refractivity contribution in [2.75, 3.05) is 11.9 Å². The van der Waals surface area contributed by atoms with Gasteiger partial charge in [0.1, 0.15) is 16.8 Å². The van der Waals surface area contributed by atoms with Gasteiger partial charge in [-0.3, -0.25) is 4.79 Å². The van der Waals surface area contributed by atoms with E-state index in [0.29, 0.717) is 27.5 Å². The number of benzene rings is 3. The van der Waals surface area contributed by atoms with E-state index in [4.69, 9.17) is 16.3 Å². The topological polar surface area (TPSA) is 69.0 Å². The molecule has 4 rings (SSSR count). The fourth-order valence-electron chi connectivity index (χ4n) is 2.85. The van der Waals surface area contributed by atoms with Gasteiger partial charge in [-0.05, 0) is 61.4 Å². The van der Waals surface area contributed by atoms with Crippen molar-refractivity contribution in [2.45, 2.75) is 13.8 Å². The van der Waals surface area contributed by atoms with Crippen molar-refractivity contribution in [3.05, 3.63) is 76.8 Å². The number of hydrogen-bond donors (Lipinski definition) is 1. The molecular formula is C22H19ClN4O2. The quantitative estimate of drug-likeness (QED) is 0.521. The summed E-state index contributed by atoms with van der Waals surface area (Å²) in [7, 11) is 0. The molecule has 0 saturated heterocycles. The second-order valence-corrected chi connectivity index (χ2v) is 7.14. The number of hydrogen-bond acceptors (Lipinski definition) is 4. The lowest BCUT2D eigenvalue weighted by molar-refractivity contribution is -0.118. The summed E-state index contributed by atoms with van der Waals surface area (Å²) in [6.45, 7) is 3.91. The van der Waals surface area contributed by atoms with Crippen LogP contribution in [0.5, 0.6) is 5.75 Å². The maximum Gasteiger partial charge on any atom is 0.262 e. The molecule has 0 fully saturated rings. The molecule has 0 bridgehead atoms.